The highest BCUT2D eigenvalue weighted by Gasteiger charge is 2.27. The van der Waals surface area contributed by atoms with E-state index in [-0.39, 0.29) is 11.7 Å². The lowest BCUT2D eigenvalue weighted by Crippen LogP contribution is -2.25. The fourth-order valence-corrected chi connectivity index (χ4v) is 3.42. The summed E-state index contributed by atoms with van der Waals surface area (Å²) in [5.41, 5.74) is 0.687. The largest absolute Gasteiger partial charge is 0.459 e. The van der Waals surface area contributed by atoms with Gasteiger partial charge < -0.3 is 10.1 Å². The van der Waals surface area contributed by atoms with E-state index in [0.717, 1.165) is 0 Å². The maximum Gasteiger partial charge on any atom is 0.345 e. The van der Waals surface area contributed by atoms with Gasteiger partial charge in [-0.15, -0.1) is 0 Å². The van der Waals surface area contributed by atoms with Crippen LogP contribution in [-0.4, -0.2) is 18.0 Å². The van der Waals surface area contributed by atoms with Gasteiger partial charge in [-0.2, -0.15) is 0 Å². The van der Waals surface area contributed by atoms with Crippen molar-refractivity contribution < 1.29 is 14.3 Å². The van der Waals surface area contributed by atoms with Crippen LogP contribution in [0, 0.1) is 0 Å². The summed E-state index contributed by atoms with van der Waals surface area (Å²) < 4.78 is 5.80. The van der Waals surface area contributed by atoms with E-state index in [4.69, 9.17) is 4.74 Å². The first-order valence-corrected chi connectivity index (χ1v) is 8.14. The minimum atomic E-state index is -0.600. The third kappa shape index (κ3) is 4.41. The molecular formula is C15H15NO3S2. The van der Waals surface area contributed by atoms with E-state index in [1.165, 1.54) is 23.5 Å². The van der Waals surface area contributed by atoms with Gasteiger partial charge in [-0.25, -0.2) is 4.79 Å². The number of ether oxygens (including phenoxy) is 1. The number of nitrogens with one attached hydrogen (secondary N) is 1. The fourth-order valence-electron chi connectivity index (χ4n) is 1.58. The molecule has 1 amide bonds. The third-order valence-corrected chi connectivity index (χ3v) is 4.55. The van der Waals surface area contributed by atoms with Gasteiger partial charge in [-0.05, 0) is 36.8 Å². The Morgan fingerprint density at radius 2 is 1.71 bits per heavy atom. The molecule has 1 aliphatic heterocycles. The summed E-state index contributed by atoms with van der Waals surface area (Å²) in [4.78, 5) is 24.6. The van der Waals surface area contributed by atoms with Crippen molar-refractivity contribution in [2.24, 2.45) is 0 Å². The summed E-state index contributed by atoms with van der Waals surface area (Å²) in [5.74, 6) is -1.05. The van der Waals surface area contributed by atoms with Crippen molar-refractivity contribution in [1.82, 2.24) is 0 Å². The van der Waals surface area contributed by atoms with E-state index >= 15 is 0 Å². The minimum Gasteiger partial charge on any atom is -0.459 e. The van der Waals surface area contributed by atoms with Crippen molar-refractivity contribution in [2.45, 2.75) is 20.0 Å². The predicted octanol–water partition coefficient (Wildman–Crippen LogP) is 3.74. The first kappa shape index (κ1) is 15.7. The average molecular weight is 321 g/mol. The van der Waals surface area contributed by atoms with Gasteiger partial charge in [-0.3, -0.25) is 4.79 Å². The van der Waals surface area contributed by atoms with E-state index in [1.54, 1.807) is 26.0 Å². The van der Waals surface area contributed by atoms with E-state index in [1.807, 2.05) is 29.0 Å². The number of benzene rings is 1. The summed E-state index contributed by atoms with van der Waals surface area (Å²) in [5, 5.41) is 6.38. The molecule has 0 aromatic heterocycles. The van der Waals surface area contributed by atoms with Crippen LogP contribution in [0.5, 0.6) is 0 Å². The Bertz CT molecular complexity index is 584. The molecule has 0 atom stereocenters. The molecule has 0 fully saturated rings. The van der Waals surface area contributed by atoms with Gasteiger partial charge in [0.2, 0.25) is 0 Å². The average Bonchev–Trinajstić information content (AvgIpc) is 2.93. The van der Waals surface area contributed by atoms with Crippen molar-refractivity contribution in [3.8, 4) is 0 Å². The van der Waals surface area contributed by atoms with Gasteiger partial charge in [0.1, 0.15) is 5.57 Å². The fraction of sp³-hybridized carbons (Fsp3) is 0.200. The van der Waals surface area contributed by atoms with E-state index in [2.05, 4.69) is 5.32 Å². The summed E-state index contributed by atoms with van der Waals surface area (Å²) in [7, 11) is 0. The molecule has 21 heavy (non-hydrogen) atoms. The van der Waals surface area contributed by atoms with Gasteiger partial charge in [0.05, 0.1) is 10.3 Å². The summed E-state index contributed by atoms with van der Waals surface area (Å²) >= 11 is 2.69. The van der Waals surface area contributed by atoms with Gasteiger partial charge in [0, 0.05) is 5.69 Å². The molecule has 4 nitrogen and oxygen atoms in total. The maximum absolute atomic E-state index is 12.4. The Morgan fingerprint density at radius 1 is 1.10 bits per heavy atom. The van der Waals surface area contributed by atoms with Crippen LogP contribution in [0.25, 0.3) is 0 Å². The molecule has 6 heteroatoms. The molecular weight excluding hydrogens is 306 g/mol. The number of carbonyl (C=O) groups excluding carboxylic acids is 2. The van der Waals surface area contributed by atoms with Crippen LogP contribution in [0.1, 0.15) is 13.8 Å². The highest BCUT2D eigenvalue weighted by atomic mass is 32.2. The number of amides is 1. The lowest BCUT2D eigenvalue weighted by atomic mass is 10.2. The Morgan fingerprint density at radius 3 is 2.29 bits per heavy atom. The monoisotopic (exact) mass is 321 g/mol. The molecule has 0 spiro atoms. The molecule has 110 valence electrons. The van der Waals surface area contributed by atoms with Crippen LogP contribution in [0.15, 0.2) is 51.0 Å². The van der Waals surface area contributed by atoms with Crippen LogP contribution in [-0.2, 0) is 14.3 Å². The summed E-state index contributed by atoms with van der Waals surface area (Å²) in [6, 6.07) is 9.02. The predicted molar refractivity (Wildman–Crippen MR) is 87.6 cm³/mol. The Balaban J connectivity index is 2.21. The zero-order chi connectivity index (χ0) is 15.2. The number of thioether (sulfide) groups is 2. The lowest BCUT2D eigenvalue weighted by Gasteiger charge is -2.13. The SMILES string of the molecule is CC(C)OC(=O)C(C(=O)Nc1ccccc1)=C1SC=CS1. The van der Waals surface area contributed by atoms with Gasteiger partial charge in [-0.1, -0.05) is 41.7 Å². The molecule has 1 heterocycles. The van der Waals surface area contributed by atoms with Crippen LogP contribution in [0.3, 0.4) is 0 Å². The van der Waals surface area contributed by atoms with E-state index < -0.39 is 11.9 Å². The maximum atomic E-state index is 12.4. The lowest BCUT2D eigenvalue weighted by molar-refractivity contribution is -0.143. The van der Waals surface area contributed by atoms with Crippen LogP contribution < -0.4 is 5.32 Å². The molecule has 1 N–H and O–H groups in total. The Hall–Kier alpha value is -1.66. The molecule has 0 aliphatic carbocycles. The van der Waals surface area contributed by atoms with Gasteiger partial charge >= 0.3 is 5.97 Å². The first-order chi connectivity index (χ1) is 10.1. The number of carbonyl (C=O) groups is 2. The zero-order valence-electron chi connectivity index (χ0n) is 11.7. The number of para-hydroxylation sites is 1. The number of hydrogen-bond donors (Lipinski definition) is 1. The molecule has 0 radical (unpaired) electrons. The first-order valence-electron chi connectivity index (χ1n) is 6.38. The highest BCUT2D eigenvalue weighted by Crippen LogP contribution is 2.40. The number of hydrogen-bond acceptors (Lipinski definition) is 5. The quantitative estimate of drug-likeness (QED) is 0.396. The summed E-state index contributed by atoms with van der Waals surface area (Å²) in [6.45, 7) is 3.50. The highest BCUT2D eigenvalue weighted by molar-refractivity contribution is 8.27. The van der Waals surface area contributed by atoms with Crippen molar-refractivity contribution in [1.29, 1.82) is 0 Å². The van der Waals surface area contributed by atoms with Crippen molar-refractivity contribution in [3.05, 3.63) is 51.0 Å². The number of anilines is 1. The third-order valence-electron chi connectivity index (χ3n) is 2.42. The Labute approximate surface area is 132 Å². The second-order valence-electron chi connectivity index (χ2n) is 4.44. The minimum absolute atomic E-state index is 0.0487. The summed E-state index contributed by atoms with van der Waals surface area (Å²) in [6.07, 6.45) is -0.276. The van der Waals surface area contributed by atoms with E-state index in [9.17, 15) is 9.59 Å². The van der Waals surface area contributed by atoms with E-state index in [0.29, 0.717) is 9.92 Å². The molecule has 1 aromatic rings. The second kappa shape index (κ2) is 7.38. The second-order valence-corrected chi connectivity index (χ2v) is 6.54. The van der Waals surface area contributed by atoms with Gasteiger partial charge in [0.25, 0.3) is 5.91 Å². The number of rotatable bonds is 4. The smallest absolute Gasteiger partial charge is 0.345 e. The zero-order valence-corrected chi connectivity index (χ0v) is 13.3. The number of esters is 1. The van der Waals surface area contributed by atoms with Crippen molar-refractivity contribution in [3.63, 3.8) is 0 Å². The topological polar surface area (TPSA) is 55.4 Å². The molecule has 1 aliphatic rings. The molecule has 0 saturated carbocycles. The van der Waals surface area contributed by atoms with Gasteiger partial charge in [0.15, 0.2) is 0 Å². The molecule has 0 saturated heterocycles. The van der Waals surface area contributed by atoms with Crippen molar-refractivity contribution >= 4 is 41.1 Å². The molecule has 1 aromatic carbocycles. The van der Waals surface area contributed by atoms with Crippen LogP contribution in [0.2, 0.25) is 0 Å². The molecule has 0 bridgehead atoms. The standard InChI is InChI=1S/C15H15NO3S2/c1-10(2)19-14(18)12(15-20-8-9-21-15)13(17)16-11-6-4-3-5-7-11/h3-10H,1-2H3,(H,16,17). The van der Waals surface area contributed by atoms with Crippen LogP contribution in [0.4, 0.5) is 5.69 Å². The van der Waals surface area contributed by atoms with Crippen molar-refractivity contribution in [2.75, 3.05) is 5.32 Å². The molecule has 2 rings (SSSR count). The molecule has 0 unspecified atom stereocenters. The normalized spacial score (nSPS) is 13.4. The Kier molecular flexibility index (Phi) is 5.52. The van der Waals surface area contributed by atoms with Crippen LogP contribution >= 0.6 is 23.5 Å².